The Morgan fingerprint density at radius 3 is 1.74 bits per heavy atom. The molecule has 0 aliphatic carbocycles. The highest BCUT2D eigenvalue weighted by Gasteiger charge is 2.22. The molecule has 0 bridgehead atoms. The maximum atomic E-state index is 12.4. The summed E-state index contributed by atoms with van der Waals surface area (Å²) in [6, 6.07) is 2.97. The molecule has 27 heavy (non-hydrogen) atoms. The molecule has 0 saturated carbocycles. The van der Waals surface area contributed by atoms with Crippen molar-refractivity contribution in [3.05, 3.63) is 23.3 Å². The number of rotatable bonds is 11. The average Bonchev–Trinajstić information content (AvgIpc) is 2.67. The second-order valence-electron chi connectivity index (χ2n) is 5.81. The summed E-state index contributed by atoms with van der Waals surface area (Å²) in [5.74, 6) is -1.38. The fraction of sp³-hybridized carbons (Fsp3) is 0.500. The van der Waals surface area contributed by atoms with Crippen LogP contribution in [-0.4, -0.2) is 44.5 Å². The molecule has 0 spiro atoms. The van der Waals surface area contributed by atoms with Crippen LogP contribution in [0.25, 0.3) is 6.08 Å². The second kappa shape index (κ2) is 11.8. The summed E-state index contributed by atoms with van der Waals surface area (Å²) in [6.07, 6.45) is 4.46. The molecule has 0 radical (unpaired) electrons. The number of carbonyl (C=O) groups is 2. The van der Waals surface area contributed by atoms with Crippen molar-refractivity contribution in [3.63, 3.8) is 0 Å². The Bertz CT molecular complexity index is 615. The number of esters is 2. The largest absolute Gasteiger partial charge is 0.502 e. The number of methoxy groups -OCH3 is 2. The van der Waals surface area contributed by atoms with Gasteiger partial charge in [-0.05, 0) is 36.6 Å². The zero-order valence-corrected chi connectivity index (χ0v) is 16.4. The van der Waals surface area contributed by atoms with E-state index in [1.54, 1.807) is 0 Å². The lowest BCUT2D eigenvalue weighted by Gasteiger charge is -2.11. The van der Waals surface area contributed by atoms with Crippen molar-refractivity contribution in [2.45, 2.75) is 39.5 Å². The maximum absolute atomic E-state index is 12.4. The SMILES string of the molecule is CCCCOC(=O)C(=Cc1cc(OC)c(O)c(OC)c1)C(=O)OCCCC. The quantitative estimate of drug-likeness (QED) is 0.207. The normalized spacial score (nSPS) is 10.1. The monoisotopic (exact) mass is 380 g/mol. The minimum atomic E-state index is -0.754. The van der Waals surface area contributed by atoms with E-state index < -0.39 is 11.9 Å². The van der Waals surface area contributed by atoms with Crippen molar-refractivity contribution in [2.75, 3.05) is 27.4 Å². The first-order chi connectivity index (χ1) is 13.0. The van der Waals surface area contributed by atoms with Gasteiger partial charge in [-0.15, -0.1) is 0 Å². The Hall–Kier alpha value is -2.70. The smallest absolute Gasteiger partial charge is 0.345 e. The zero-order valence-electron chi connectivity index (χ0n) is 16.4. The third-order valence-corrected chi connectivity index (χ3v) is 3.72. The van der Waals surface area contributed by atoms with Gasteiger partial charge < -0.3 is 24.1 Å². The fourth-order valence-electron chi connectivity index (χ4n) is 2.14. The number of phenols is 1. The van der Waals surface area contributed by atoms with Crippen LogP contribution in [0.2, 0.25) is 0 Å². The van der Waals surface area contributed by atoms with Crippen LogP contribution in [0, 0.1) is 0 Å². The molecule has 0 amide bonds. The summed E-state index contributed by atoms with van der Waals surface area (Å²) in [5.41, 5.74) is 0.202. The highest BCUT2D eigenvalue weighted by atomic mass is 16.6. The van der Waals surface area contributed by atoms with Crippen molar-refractivity contribution in [1.29, 1.82) is 0 Å². The van der Waals surface area contributed by atoms with E-state index in [0.717, 1.165) is 12.8 Å². The lowest BCUT2D eigenvalue weighted by molar-refractivity contribution is -0.147. The summed E-state index contributed by atoms with van der Waals surface area (Å²) in [4.78, 5) is 24.7. The van der Waals surface area contributed by atoms with Crippen LogP contribution in [-0.2, 0) is 19.1 Å². The van der Waals surface area contributed by atoms with Crippen molar-refractivity contribution >= 4 is 18.0 Å². The first-order valence-electron chi connectivity index (χ1n) is 8.99. The number of hydrogen-bond acceptors (Lipinski definition) is 7. The molecule has 0 saturated heterocycles. The number of aromatic hydroxyl groups is 1. The highest BCUT2D eigenvalue weighted by molar-refractivity contribution is 6.17. The lowest BCUT2D eigenvalue weighted by atomic mass is 10.1. The van der Waals surface area contributed by atoms with Crippen LogP contribution in [0.3, 0.4) is 0 Å². The topological polar surface area (TPSA) is 91.3 Å². The maximum Gasteiger partial charge on any atom is 0.345 e. The number of carbonyl (C=O) groups excluding carboxylic acids is 2. The molecule has 7 heteroatoms. The number of hydrogen-bond donors (Lipinski definition) is 1. The second-order valence-corrected chi connectivity index (χ2v) is 5.81. The molecule has 0 aliphatic heterocycles. The van der Waals surface area contributed by atoms with Gasteiger partial charge in [0.05, 0.1) is 27.4 Å². The Morgan fingerprint density at radius 1 is 0.926 bits per heavy atom. The van der Waals surface area contributed by atoms with Gasteiger partial charge in [-0.25, -0.2) is 9.59 Å². The Kier molecular flexibility index (Phi) is 9.79. The minimum absolute atomic E-state index is 0.152. The molecular weight excluding hydrogens is 352 g/mol. The third-order valence-electron chi connectivity index (χ3n) is 3.72. The molecule has 1 rings (SSSR count). The number of unbranched alkanes of at least 4 members (excludes halogenated alkanes) is 2. The van der Waals surface area contributed by atoms with Crippen LogP contribution in [0.5, 0.6) is 17.2 Å². The molecule has 0 aliphatic rings. The third kappa shape index (κ3) is 6.84. The van der Waals surface area contributed by atoms with E-state index >= 15 is 0 Å². The zero-order chi connectivity index (χ0) is 20.2. The summed E-state index contributed by atoms with van der Waals surface area (Å²) >= 11 is 0. The summed E-state index contributed by atoms with van der Waals surface area (Å²) < 4.78 is 20.5. The average molecular weight is 380 g/mol. The van der Waals surface area contributed by atoms with Gasteiger partial charge in [0, 0.05) is 0 Å². The summed E-state index contributed by atoms with van der Waals surface area (Å²) in [5, 5.41) is 10.00. The van der Waals surface area contributed by atoms with Crippen molar-refractivity contribution in [1.82, 2.24) is 0 Å². The molecule has 1 aromatic rings. The highest BCUT2D eigenvalue weighted by Crippen LogP contribution is 2.37. The van der Waals surface area contributed by atoms with E-state index in [9.17, 15) is 14.7 Å². The summed E-state index contributed by atoms with van der Waals surface area (Å²) in [7, 11) is 2.78. The van der Waals surface area contributed by atoms with E-state index in [2.05, 4.69) is 0 Å². The first-order valence-corrected chi connectivity index (χ1v) is 8.99. The van der Waals surface area contributed by atoms with Crippen molar-refractivity contribution in [3.8, 4) is 17.2 Å². The van der Waals surface area contributed by atoms with Gasteiger partial charge in [0.2, 0.25) is 5.75 Å². The van der Waals surface area contributed by atoms with E-state index in [4.69, 9.17) is 18.9 Å². The molecule has 0 aromatic heterocycles. The number of benzene rings is 1. The number of ether oxygens (including phenoxy) is 4. The van der Waals surface area contributed by atoms with Gasteiger partial charge in [-0.2, -0.15) is 0 Å². The number of phenolic OH excluding ortho intramolecular Hbond substituents is 1. The standard InChI is InChI=1S/C20H28O7/c1-5-7-9-26-19(22)15(20(23)27-10-8-6-2)11-14-12-16(24-3)18(21)17(13-14)25-4/h11-13,21H,5-10H2,1-4H3. The molecule has 1 aromatic carbocycles. The fourth-order valence-corrected chi connectivity index (χ4v) is 2.14. The molecule has 0 atom stereocenters. The van der Waals surface area contributed by atoms with Gasteiger partial charge in [0.1, 0.15) is 5.57 Å². The molecular formula is C20H28O7. The lowest BCUT2D eigenvalue weighted by Crippen LogP contribution is -2.19. The van der Waals surface area contributed by atoms with Crippen LogP contribution in [0.15, 0.2) is 17.7 Å². The van der Waals surface area contributed by atoms with E-state index in [1.165, 1.54) is 32.4 Å². The Balaban J connectivity index is 3.20. The predicted octanol–water partition coefficient (Wildman–Crippen LogP) is 3.48. The molecule has 7 nitrogen and oxygen atoms in total. The Morgan fingerprint density at radius 2 is 1.37 bits per heavy atom. The molecule has 1 N–H and O–H groups in total. The van der Waals surface area contributed by atoms with Crippen LogP contribution >= 0.6 is 0 Å². The van der Waals surface area contributed by atoms with Crippen LogP contribution < -0.4 is 9.47 Å². The van der Waals surface area contributed by atoms with E-state index in [0.29, 0.717) is 18.4 Å². The van der Waals surface area contributed by atoms with Gasteiger partial charge in [-0.3, -0.25) is 0 Å². The van der Waals surface area contributed by atoms with Gasteiger partial charge in [0.15, 0.2) is 11.5 Å². The molecule has 0 heterocycles. The summed E-state index contributed by atoms with van der Waals surface area (Å²) in [6.45, 7) is 4.38. The molecule has 150 valence electrons. The first kappa shape index (κ1) is 22.3. The predicted molar refractivity (Wildman–Crippen MR) is 101 cm³/mol. The van der Waals surface area contributed by atoms with Crippen LogP contribution in [0.1, 0.15) is 45.1 Å². The Labute approximate surface area is 159 Å². The molecule has 0 fully saturated rings. The van der Waals surface area contributed by atoms with E-state index in [1.807, 2.05) is 13.8 Å². The van der Waals surface area contributed by atoms with Crippen molar-refractivity contribution < 1.29 is 33.6 Å². The van der Waals surface area contributed by atoms with Crippen LogP contribution in [0.4, 0.5) is 0 Å². The van der Waals surface area contributed by atoms with Crippen molar-refractivity contribution in [2.24, 2.45) is 0 Å². The minimum Gasteiger partial charge on any atom is -0.502 e. The van der Waals surface area contributed by atoms with Gasteiger partial charge in [-0.1, -0.05) is 26.7 Å². The molecule has 0 unspecified atom stereocenters. The van der Waals surface area contributed by atoms with Gasteiger partial charge in [0.25, 0.3) is 0 Å². The van der Waals surface area contributed by atoms with E-state index in [-0.39, 0.29) is 36.0 Å². The van der Waals surface area contributed by atoms with Gasteiger partial charge >= 0.3 is 11.9 Å².